The molecule has 4 aliphatic carbocycles. The molecule has 148 valence electrons. The Hall–Kier alpha value is -1.77. The van der Waals surface area contributed by atoms with E-state index in [1.807, 2.05) is 18.5 Å². The van der Waals surface area contributed by atoms with Crippen LogP contribution in [-0.4, -0.2) is 15.8 Å². The Kier molecular flexibility index (Phi) is 4.16. The van der Waals surface area contributed by atoms with E-state index in [-0.39, 0.29) is 10.8 Å². The summed E-state index contributed by atoms with van der Waals surface area (Å²) >= 11 is 0. The van der Waals surface area contributed by atoms with E-state index >= 15 is 0 Å². The first-order valence-corrected chi connectivity index (χ1v) is 11.1. The second-order valence-corrected chi connectivity index (χ2v) is 10.2. The summed E-state index contributed by atoms with van der Waals surface area (Å²) in [4.78, 5) is 21.1. The number of rotatable bonds is 2. The number of allylic oxidation sites excluding steroid dienone is 4. The molecule has 1 aromatic rings. The summed E-state index contributed by atoms with van der Waals surface area (Å²) in [5.41, 5.74) is 3.56. The first-order valence-electron chi connectivity index (χ1n) is 11.1. The van der Waals surface area contributed by atoms with Crippen molar-refractivity contribution in [2.45, 2.75) is 71.6 Å². The second kappa shape index (κ2) is 6.37. The van der Waals surface area contributed by atoms with Crippen molar-refractivity contribution in [3.05, 3.63) is 47.6 Å². The highest BCUT2D eigenvalue weighted by Gasteiger charge is 2.57. The van der Waals surface area contributed by atoms with Crippen LogP contribution in [0.25, 0.3) is 0 Å². The number of hydrogen-bond acceptors (Lipinski definition) is 3. The van der Waals surface area contributed by atoms with E-state index in [0.29, 0.717) is 18.1 Å². The summed E-state index contributed by atoms with van der Waals surface area (Å²) in [5.74, 6) is 3.92. The number of hydrogen-bond donors (Lipinski definition) is 0. The van der Waals surface area contributed by atoms with Gasteiger partial charge in [0.2, 0.25) is 0 Å². The Morgan fingerprint density at radius 2 is 1.82 bits per heavy atom. The van der Waals surface area contributed by atoms with Crippen molar-refractivity contribution in [3.8, 4) is 0 Å². The summed E-state index contributed by atoms with van der Waals surface area (Å²) in [6.45, 7) is 7.26. The van der Waals surface area contributed by atoms with Crippen LogP contribution >= 0.6 is 0 Å². The number of carbonyl (C=O) groups excluding carboxylic acids is 1. The van der Waals surface area contributed by atoms with E-state index in [0.717, 1.165) is 36.4 Å². The first kappa shape index (κ1) is 18.3. The first-order chi connectivity index (χ1) is 13.4. The Labute approximate surface area is 168 Å². The molecule has 3 heteroatoms. The lowest BCUT2D eigenvalue weighted by atomic mass is 9.47. The fourth-order valence-electron chi connectivity index (χ4n) is 7.42. The highest BCUT2D eigenvalue weighted by molar-refractivity contribution is 5.82. The highest BCUT2D eigenvalue weighted by atomic mass is 16.1. The van der Waals surface area contributed by atoms with Gasteiger partial charge in [0.1, 0.15) is 11.6 Å². The van der Waals surface area contributed by atoms with Crippen molar-refractivity contribution < 1.29 is 4.79 Å². The fraction of sp³-hybridized carbons (Fsp3) is 0.640. The quantitative estimate of drug-likeness (QED) is 0.627. The molecule has 1 aromatic heterocycles. The van der Waals surface area contributed by atoms with Crippen LogP contribution in [0.15, 0.2) is 41.8 Å². The fourth-order valence-corrected chi connectivity index (χ4v) is 7.42. The molecule has 5 rings (SSSR count). The molecule has 4 aliphatic rings. The normalized spacial score (nSPS) is 40.7. The predicted molar refractivity (Wildman–Crippen MR) is 111 cm³/mol. The topological polar surface area (TPSA) is 42.9 Å². The maximum Gasteiger partial charge on any atom is 0.136 e. The molecule has 0 aromatic carbocycles. The second-order valence-electron chi connectivity index (χ2n) is 10.2. The van der Waals surface area contributed by atoms with Gasteiger partial charge in [-0.25, -0.2) is 9.97 Å². The molecule has 0 N–H and O–H groups in total. The lowest BCUT2D eigenvalue weighted by Gasteiger charge is -2.57. The molecule has 0 spiro atoms. The van der Waals surface area contributed by atoms with E-state index in [2.05, 4.69) is 42.9 Å². The molecule has 0 aliphatic heterocycles. The Morgan fingerprint density at radius 1 is 1.04 bits per heavy atom. The largest absolute Gasteiger partial charge is 0.299 e. The van der Waals surface area contributed by atoms with Gasteiger partial charge < -0.3 is 0 Å². The van der Waals surface area contributed by atoms with Crippen molar-refractivity contribution in [2.24, 2.45) is 28.6 Å². The lowest BCUT2D eigenvalue weighted by Crippen LogP contribution is -2.49. The van der Waals surface area contributed by atoms with Crippen molar-refractivity contribution in [1.82, 2.24) is 9.97 Å². The molecule has 2 fully saturated rings. The van der Waals surface area contributed by atoms with E-state index in [1.165, 1.54) is 31.3 Å². The summed E-state index contributed by atoms with van der Waals surface area (Å²) in [6.07, 6.45) is 16.2. The minimum Gasteiger partial charge on any atom is -0.299 e. The minimum atomic E-state index is 0.259. The van der Waals surface area contributed by atoms with Crippen LogP contribution in [0.3, 0.4) is 0 Å². The Bertz CT molecular complexity index is 857. The number of carbonyl (C=O) groups is 1. The molecule has 3 nitrogen and oxygen atoms in total. The highest BCUT2D eigenvalue weighted by Crippen LogP contribution is 2.65. The molecular formula is C25H32N2O. The van der Waals surface area contributed by atoms with Crippen molar-refractivity contribution in [3.63, 3.8) is 0 Å². The molecule has 1 unspecified atom stereocenters. The van der Waals surface area contributed by atoms with Crippen LogP contribution in [0.5, 0.6) is 0 Å². The van der Waals surface area contributed by atoms with Gasteiger partial charge in [-0.2, -0.15) is 0 Å². The van der Waals surface area contributed by atoms with Gasteiger partial charge in [0.15, 0.2) is 0 Å². The Morgan fingerprint density at radius 3 is 2.61 bits per heavy atom. The van der Waals surface area contributed by atoms with Crippen LogP contribution in [-0.2, 0) is 4.79 Å². The number of nitrogens with zero attached hydrogens (tertiary/aromatic N) is 2. The van der Waals surface area contributed by atoms with Gasteiger partial charge in [-0.3, -0.25) is 4.79 Å². The minimum absolute atomic E-state index is 0.259. The average Bonchev–Trinajstić information content (AvgIpc) is 3.06. The van der Waals surface area contributed by atoms with Gasteiger partial charge in [0, 0.05) is 31.2 Å². The third-order valence-corrected chi connectivity index (χ3v) is 9.02. The zero-order chi connectivity index (χ0) is 19.5. The maximum absolute atomic E-state index is 12.0. The van der Waals surface area contributed by atoms with E-state index < -0.39 is 0 Å². The molecular weight excluding hydrogens is 344 g/mol. The number of Topliss-reactive ketones (excluding diaryl/α,β-unsaturated/α-hetero) is 1. The van der Waals surface area contributed by atoms with Gasteiger partial charge in [-0.1, -0.05) is 44.1 Å². The van der Waals surface area contributed by atoms with Gasteiger partial charge in [0.05, 0.1) is 0 Å². The number of aromatic nitrogens is 2. The van der Waals surface area contributed by atoms with E-state index in [9.17, 15) is 4.79 Å². The summed E-state index contributed by atoms with van der Waals surface area (Å²) in [6, 6.07) is 1.90. The summed E-state index contributed by atoms with van der Waals surface area (Å²) < 4.78 is 0. The number of ketones is 1. The summed E-state index contributed by atoms with van der Waals surface area (Å²) in [7, 11) is 0. The van der Waals surface area contributed by atoms with Crippen molar-refractivity contribution in [2.75, 3.05) is 0 Å². The van der Waals surface area contributed by atoms with E-state index in [4.69, 9.17) is 0 Å². The van der Waals surface area contributed by atoms with Crippen LogP contribution in [0, 0.1) is 28.6 Å². The summed E-state index contributed by atoms with van der Waals surface area (Å²) in [5, 5.41) is 0. The third kappa shape index (κ3) is 2.51. The predicted octanol–water partition coefficient (Wildman–Crippen LogP) is 5.65. The maximum atomic E-state index is 12.0. The van der Waals surface area contributed by atoms with Crippen LogP contribution in [0.2, 0.25) is 0 Å². The van der Waals surface area contributed by atoms with E-state index in [1.54, 1.807) is 5.57 Å². The molecule has 0 bridgehead atoms. The van der Waals surface area contributed by atoms with Gasteiger partial charge >= 0.3 is 0 Å². The lowest BCUT2D eigenvalue weighted by molar-refractivity contribution is -0.122. The molecule has 0 amide bonds. The molecule has 6 atom stereocenters. The average molecular weight is 377 g/mol. The zero-order valence-electron chi connectivity index (χ0n) is 17.4. The monoisotopic (exact) mass is 376 g/mol. The Balaban J connectivity index is 1.44. The van der Waals surface area contributed by atoms with Crippen LogP contribution in [0.4, 0.5) is 0 Å². The third-order valence-electron chi connectivity index (χ3n) is 9.02. The smallest absolute Gasteiger partial charge is 0.136 e. The van der Waals surface area contributed by atoms with Crippen molar-refractivity contribution >= 4 is 5.78 Å². The molecule has 28 heavy (non-hydrogen) atoms. The van der Waals surface area contributed by atoms with Crippen molar-refractivity contribution in [1.29, 1.82) is 0 Å². The van der Waals surface area contributed by atoms with Crippen LogP contribution < -0.4 is 0 Å². The molecule has 1 heterocycles. The number of fused-ring (bicyclic) bond motifs is 5. The van der Waals surface area contributed by atoms with Crippen LogP contribution in [0.1, 0.15) is 77.5 Å². The van der Waals surface area contributed by atoms with Gasteiger partial charge in [0.25, 0.3) is 0 Å². The SMILES string of the molecule is CC(C1=CC[C@H]2[C@@H]3CC=C4CC(=O)CC[C@]4(C)[C@H]3CC[C@]12C)c1ncccn1. The van der Waals surface area contributed by atoms with Gasteiger partial charge in [-0.05, 0) is 66.8 Å². The molecule has 2 saturated carbocycles. The zero-order valence-corrected chi connectivity index (χ0v) is 17.4. The molecule has 0 radical (unpaired) electrons. The molecule has 0 saturated heterocycles. The standard InChI is InChI=1S/C25H32N2O/c1-16(23-26-13-4-14-27-23)20-7-8-21-19-6-5-17-15-18(28)9-11-24(17,2)22(19)10-12-25(20,21)3/h4-5,7,13-14,16,19,21-22H,6,8-12,15H2,1-3H3/t16?,19-,21-,22-,24-,25+/m0/s1. The van der Waals surface area contributed by atoms with Gasteiger partial charge in [-0.15, -0.1) is 0 Å².